The zero-order chi connectivity index (χ0) is 15.5. The summed E-state index contributed by atoms with van der Waals surface area (Å²) >= 11 is 0. The average Bonchev–Trinajstić information content (AvgIpc) is 2.91. The van der Waals surface area contributed by atoms with Gasteiger partial charge in [0.05, 0.1) is 11.7 Å². The van der Waals surface area contributed by atoms with Crippen molar-refractivity contribution in [2.45, 2.75) is 0 Å². The predicted octanol–water partition coefficient (Wildman–Crippen LogP) is 3.17. The Balaban J connectivity index is 1.77. The normalized spacial score (nSPS) is 10.4. The zero-order valence-corrected chi connectivity index (χ0v) is 11.3. The number of hydrogen-bond donors (Lipinski definition) is 2. The summed E-state index contributed by atoms with van der Waals surface area (Å²) in [6, 6.07) is 13.4. The van der Waals surface area contributed by atoms with Gasteiger partial charge in [-0.3, -0.25) is 5.32 Å². The number of carboxylic acid groups (broad SMARTS) is 1. The summed E-state index contributed by atoms with van der Waals surface area (Å²) in [5.41, 5.74) is 0.924. The fraction of sp³-hybridized carbons (Fsp3) is 0. The third kappa shape index (κ3) is 2.73. The molecule has 3 rings (SSSR count). The molecule has 110 valence electrons. The summed E-state index contributed by atoms with van der Waals surface area (Å²) in [6.45, 7) is 0. The van der Waals surface area contributed by atoms with Crippen LogP contribution in [-0.2, 0) is 0 Å². The number of para-hydroxylation sites is 1. The molecule has 3 aromatic rings. The highest BCUT2D eigenvalue weighted by Gasteiger charge is 2.10. The van der Waals surface area contributed by atoms with Crippen LogP contribution in [0.2, 0.25) is 0 Å². The maximum absolute atomic E-state index is 11.8. The Morgan fingerprint density at radius 1 is 1.14 bits per heavy atom. The number of fused-ring (bicyclic) bond motifs is 1. The van der Waals surface area contributed by atoms with Gasteiger partial charge < -0.3 is 9.84 Å². The van der Waals surface area contributed by atoms with Gasteiger partial charge in [-0.1, -0.05) is 18.2 Å². The summed E-state index contributed by atoms with van der Waals surface area (Å²) in [5.74, 6) is 0.430. The molecule has 0 spiro atoms. The van der Waals surface area contributed by atoms with Crippen molar-refractivity contribution in [2.75, 3.05) is 5.32 Å². The van der Waals surface area contributed by atoms with Crippen molar-refractivity contribution in [3.8, 4) is 5.75 Å². The van der Waals surface area contributed by atoms with Crippen LogP contribution in [0.4, 0.5) is 15.3 Å². The van der Waals surface area contributed by atoms with Gasteiger partial charge in [-0.05, 0) is 30.3 Å². The highest BCUT2D eigenvalue weighted by molar-refractivity contribution is 5.93. The lowest BCUT2D eigenvalue weighted by Crippen LogP contribution is -2.16. The minimum absolute atomic E-state index is 0.430. The van der Waals surface area contributed by atoms with Gasteiger partial charge in [-0.2, -0.15) is 9.78 Å². The molecular weight excluding hydrogens is 286 g/mol. The first-order chi connectivity index (χ1) is 10.6. The van der Waals surface area contributed by atoms with Gasteiger partial charge in [-0.15, -0.1) is 0 Å². The number of ether oxygens (including phenoxy) is 1. The first kappa shape index (κ1) is 13.6. The van der Waals surface area contributed by atoms with Crippen molar-refractivity contribution < 1.29 is 19.4 Å². The van der Waals surface area contributed by atoms with E-state index in [9.17, 15) is 9.59 Å². The Labute approximate surface area is 124 Å². The molecule has 0 saturated heterocycles. The Morgan fingerprint density at radius 2 is 1.91 bits per heavy atom. The van der Waals surface area contributed by atoms with E-state index in [4.69, 9.17) is 9.84 Å². The van der Waals surface area contributed by atoms with Crippen LogP contribution in [0.1, 0.15) is 0 Å². The van der Waals surface area contributed by atoms with E-state index in [0.717, 1.165) is 4.68 Å². The summed E-state index contributed by atoms with van der Waals surface area (Å²) in [5, 5.41) is 15.9. The maximum Gasteiger partial charge on any atom is 0.432 e. The molecule has 0 aliphatic rings. The number of nitrogens with one attached hydrogen (secondary N) is 1. The van der Waals surface area contributed by atoms with Crippen LogP contribution in [0.25, 0.3) is 10.9 Å². The lowest BCUT2D eigenvalue weighted by atomic mass is 10.2. The summed E-state index contributed by atoms with van der Waals surface area (Å²) in [7, 11) is 0. The number of aromatic nitrogens is 2. The zero-order valence-electron chi connectivity index (χ0n) is 11.3. The number of carbonyl (C=O) groups excluding carboxylic acids is 1. The van der Waals surface area contributed by atoms with Gasteiger partial charge in [0.25, 0.3) is 0 Å². The highest BCUT2D eigenvalue weighted by atomic mass is 16.6. The van der Waals surface area contributed by atoms with Crippen LogP contribution >= 0.6 is 0 Å². The molecule has 1 aromatic heterocycles. The SMILES string of the molecule is O=C(Nc1ccc2c(cnn2C(=O)O)c1)Oc1ccccc1. The number of hydrogen-bond acceptors (Lipinski definition) is 4. The Bertz CT molecular complexity index is 842. The molecule has 0 atom stereocenters. The van der Waals surface area contributed by atoms with Crippen LogP contribution < -0.4 is 10.1 Å². The molecule has 7 nitrogen and oxygen atoms in total. The monoisotopic (exact) mass is 297 g/mol. The molecule has 0 aliphatic heterocycles. The van der Waals surface area contributed by atoms with Crippen molar-refractivity contribution in [1.29, 1.82) is 0 Å². The summed E-state index contributed by atoms with van der Waals surface area (Å²) in [6.07, 6.45) is -0.382. The summed E-state index contributed by atoms with van der Waals surface area (Å²) in [4.78, 5) is 22.7. The topological polar surface area (TPSA) is 93.5 Å². The van der Waals surface area contributed by atoms with E-state index in [2.05, 4.69) is 10.4 Å². The Morgan fingerprint density at radius 3 is 2.64 bits per heavy atom. The molecular formula is C15H11N3O4. The van der Waals surface area contributed by atoms with Gasteiger partial charge >= 0.3 is 12.2 Å². The molecule has 0 radical (unpaired) electrons. The predicted molar refractivity (Wildman–Crippen MR) is 79.2 cm³/mol. The molecule has 7 heteroatoms. The van der Waals surface area contributed by atoms with E-state index in [1.165, 1.54) is 6.20 Å². The van der Waals surface area contributed by atoms with E-state index in [0.29, 0.717) is 22.3 Å². The molecule has 0 aliphatic carbocycles. The van der Waals surface area contributed by atoms with E-state index in [1.54, 1.807) is 42.5 Å². The molecule has 2 aromatic carbocycles. The fourth-order valence-corrected chi connectivity index (χ4v) is 2.00. The van der Waals surface area contributed by atoms with Gasteiger partial charge in [0, 0.05) is 11.1 Å². The molecule has 1 amide bonds. The van der Waals surface area contributed by atoms with Gasteiger partial charge in [-0.25, -0.2) is 9.59 Å². The Kier molecular flexibility index (Phi) is 3.45. The number of rotatable bonds is 2. The van der Waals surface area contributed by atoms with Crippen LogP contribution in [-0.4, -0.2) is 27.1 Å². The van der Waals surface area contributed by atoms with Crippen molar-refractivity contribution >= 4 is 28.8 Å². The molecule has 2 N–H and O–H groups in total. The largest absolute Gasteiger partial charge is 0.463 e. The van der Waals surface area contributed by atoms with E-state index in [1.807, 2.05) is 6.07 Å². The maximum atomic E-state index is 11.8. The lowest BCUT2D eigenvalue weighted by molar-refractivity contribution is 0.194. The minimum Gasteiger partial charge on any atom is -0.463 e. The number of benzene rings is 2. The second kappa shape index (κ2) is 5.57. The second-order valence-electron chi connectivity index (χ2n) is 4.44. The molecule has 0 fully saturated rings. The quantitative estimate of drug-likeness (QED) is 0.757. The minimum atomic E-state index is -1.17. The second-order valence-corrected chi connectivity index (χ2v) is 4.44. The molecule has 22 heavy (non-hydrogen) atoms. The van der Waals surface area contributed by atoms with Gasteiger partial charge in [0.2, 0.25) is 0 Å². The van der Waals surface area contributed by atoms with Crippen LogP contribution in [0, 0.1) is 0 Å². The third-order valence-electron chi connectivity index (χ3n) is 2.95. The summed E-state index contributed by atoms with van der Waals surface area (Å²) < 4.78 is 5.97. The molecule has 0 unspecified atom stereocenters. The fourth-order valence-electron chi connectivity index (χ4n) is 2.00. The van der Waals surface area contributed by atoms with Crippen molar-refractivity contribution in [2.24, 2.45) is 0 Å². The van der Waals surface area contributed by atoms with Gasteiger partial charge in [0.1, 0.15) is 5.75 Å². The van der Waals surface area contributed by atoms with Crippen molar-refractivity contribution in [3.63, 3.8) is 0 Å². The first-order valence-electron chi connectivity index (χ1n) is 6.38. The number of carbonyl (C=O) groups is 2. The number of nitrogens with zero attached hydrogens (tertiary/aromatic N) is 2. The number of anilines is 1. The molecule has 0 saturated carbocycles. The molecule has 0 bridgehead atoms. The smallest absolute Gasteiger partial charge is 0.432 e. The van der Waals surface area contributed by atoms with E-state index >= 15 is 0 Å². The van der Waals surface area contributed by atoms with Crippen molar-refractivity contribution in [1.82, 2.24) is 9.78 Å². The van der Waals surface area contributed by atoms with Crippen molar-refractivity contribution in [3.05, 3.63) is 54.7 Å². The Hall–Kier alpha value is -3.35. The van der Waals surface area contributed by atoms with E-state index in [-0.39, 0.29) is 0 Å². The van der Waals surface area contributed by atoms with Crippen LogP contribution in [0.3, 0.4) is 0 Å². The lowest BCUT2D eigenvalue weighted by Gasteiger charge is -2.06. The third-order valence-corrected chi connectivity index (χ3v) is 2.95. The average molecular weight is 297 g/mol. The van der Waals surface area contributed by atoms with Crippen LogP contribution in [0.15, 0.2) is 54.7 Å². The van der Waals surface area contributed by atoms with Crippen LogP contribution in [0.5, 0.6) is 5.75 Å². The first-order valence-corrected chi connectivity index (χ1v) is 6.38. The van der Waals surface area contributed by atoms with E-state index < -0.39 is 12.2 Å². The highest BCUT2D eigenvalue weighted by Crippen LogP contribution is 2.19. The molecule has 1 heterocycles. The standard InChI is InChI=1S/C15H11N3O4/c19-14(22-12-4-2-1-3-5-12)17-11-6-7-13-10(8-11)9-16-18(13)15(20)21/h1-9H,(H,17,19)(H,20,21). The number of amides is 1. The van der Waals surface area contributed by atoms with Gasteiger partial charge in [0.15, 0.2) is 0 Å².